The number of carbonyl (C=O) groups excluding carboxylic acids is 1. The zero-order valence-corrected chi connectivity index (χ0v) is 17.4. The quantitative estimate of drug-likeness (QED) is 0.680. The number of hydrogen-bond acceptors (Lipinski definition) is 4. The number of hydrogen-bond donors (Lipinski definition) is 2. The molecule has 2 N–H and O–H groups in total. The van der Waals surface area contributed by atoms with Crippen molar-refractivity contribution < 1.29 is 11.0 Å². The Kier molecular flexibility index (Phi) is 6.29. The maximum absolute atomic E-state index is 12.5. The normalized spacial score (nSPS) is 21.4. The summed E-state index contributed by atoms with van der Waals surface area (Å²) in [7, 11) is 0. The largest absolute Gasteiger partial charge is 0.483 e. The van der Waals surface area contributed by atoms with E-state index >= 15 is 0 Å². The van der Waals surface area contributed by atoms with Crippen LogP contribution in [0.25, 0.3) is 10.8 Å². The molecule has 1 fully saturated rings. The highest BCUT2D eigenvalue weighted by Crippen LogP contribution is 2.27. The third-order valence-electron chi connectivity index (χ3n) is 5.81. The molecule has 0 saturated carbocycles. The number of carbonyl (C=O) groups is 1. The molecule has 158 valence electrons. The van der Waals surface area contributed by atoms with Crippen molar-refractivity contribution in [3.05, 3.63) is 65.8 Å². The predicted molar refractivity (Wildman–Crippen MR) is 123 cm³/mol. The molecule has 1 heterocycles. The van der Waals surface area contributed by atoms with Gasteiger partial charge in [0.05, 0.1) is 0 Å². The lowest BCUT2D eigenvalue weighted by molar-refractivity contribution is -0.123. The highest BCUT2D eigenvalue weighted by Gasteiger charge is 2.24. The van der Waals surface area contributed by atoms with Crippen molar-refractivity contribution >= 4 is 22.9 Å². The summed E-state index contributed by atoms with van der Waals surface area (Å²) in [6, 6.07) is 11.7. The molecule has 0 spiro atoms. The Balaban J connectivity index is 0.00000272. The second-order valence-corrected chi connectivity index (χ2v) is 8.28. The molecule has 5 nitrogen and oxygen atoms in total. The first-order chi connectivity index (χ1) is 14.6. The second kappa shape index (κ2) is 9.26. The van der Waals surface area contributed by atoms with Gasteiger partial charge in [0.25, 0.3) is 5.91 Å². The van der Waals surface area contributed by atoms with Gasteiger partial charge in [0, 0.05) is 44.3 Å². The van der Waals surface area contributed by atoms with Gasteiger partial charge in [-0.25, -0.2) is 0 Å². The summed E-state index contributed by atoms with van der Waals surface area (Å²) in [4.78, 5) is 14.9. The lowest BCUT2D eigenvalue weighted by atomic mass is 9.98. The molecule has 0 bridgehead atoms. The first-order valence-corrected chi connectivity index (χ1v) is 10.7. The third kappa shape index (κ3) is 4.79. The van der Waals surface area contributed by atoms with Gasteiger partial charge in [0.15, 0.2) is 6.61 Å². The number of nitrogens with zero attached hydrogens (tertiary/aromatic N) is 1. The highest BCUT2D eigenvalue weighted by molar-refractivity contribution is 6.01. The Hall–Kier alpha value is -2.92. The van der Waals surface area contributed by atoms with Crippen LogP contribution < -0.4 is 10.1 Å². The Bertz CT molecular complexity index is 1000. The Morgan fingerprint density at radius 2 is 2.13 bits per heavy atom. The first kappa shape index (κ1) is 20.4. The van der Waals surface area contributed by atoms with Crippen LogP contribution in [0.2, 0.25) is 0 Å². The molecule has 2 atom stereocenters. The van der Waals surface area contributed by atoms with Crippen molar-refractivity contribution in [3.63, 3.8) is 0 Å². The fourth-order valence-corrected chi connectivity index (χ4v) is 4.34. The predicted octanol–water partition coefficient (Wildman–Crippen LogP) is 4.18. The van der Waals surface area contributed by atoms with Crippen molar-refractivity contribution in [3.8, 4) is 5.75 Å². The van der Waals surface area contributed by atoms with Crippen LogP contribution in [0.5, 0.6) is 5.75 Å². The molecular weight excluding hydrogens is 374 g/mol. The van der Waals surface area contributed by atoms with Gasteiger partial charge in [0.1, 0.15) is 5.75 Å². The minimum absolute atomic E-state index is 0. The highest BCUT2D eigenvalue weighted by atomic mass is 16.5. The molecule has 5 heteroatoms. The Labute approximate surface area is 179 Å². The summed E-state index contributed by atoms with van der Waals surface area (Å²) < 4.78 is 5.83. The van der Waals surface area contributed by atoms with Gasteiger partial charge < -0.3 is 15.5 Å². The first-order valence-electron chi connectivity index (χ1n) is 10.7. The summed E-state index contributed by atoms with van der Waals surface area (Å²) in [5, 5.41) is 12.5. The number of allylic oxidation sites excluding steroid dienone is 2. The van der Waals surface area contributed by atoms with Gasteiger partial charge in [0.2, 0.25) is 0 Å². The van der Waals surface area contributed by atoms with Crippen LogP contribution in [0.1, 0.15) is 26.8 Å². The summed E-state index contributed by atoms with van der Waals surface area (Å²) in [5.74, 6) is 1.20. The SMILES string of the molecule is CC1C=C(CN2CCC(NC(=O)COc3ccc(C=N)c4ccccc34)C2)C=CC1.[HH]. The van der Waals surface area contributed by atoms with Crippen LogP contribution in [0.4, 0.5) is 0 Å². The second-order valence-electron chi connectivity index (χ2n) is 8.28. The summed E-state index contributed by atoms with van der Waals surface area (Å²) in [6.07, 6.45) is 10.3. The van der Waals surface area contributed by atoms with Crippen molar-refractivity contribution in [2.75, 3.05) is 26.2 Å². The molecule has 2 aliphatic rings. The monoisotopic (exact) mass is 405 g/mol. The third-order valence-corrected chi connectivity index (χ3v) is 5.81. The smallest absolute Gasteiger partial charge is 0.258 e. The van der Waals surface area contributed by atoms with Crippen molar-refractivity contribution in [1.29, 1.82) is 5.41 Å². The van der Waals surface area contributed by atoms with E-state index in [-0.39, 0.29) is 20.0 Å². The van der Waals surface area contributed by atoms with Crippen LogP contribution in [0.3, 0.4) is 0 Å². The average molecular weight is 406 g/mol. The van der Waals surface area contributed by atoms with E-state index in [1.54, 1.807) is 0 Å². The van der Waals surface area contributed by atoms with Crippen LogP contribution in [-0.2, 0) is 4.79 Å². The van der Waals surface area contributed by atoms with E-state index in [2.05, 4.69) is 35.4 Å². The molecule has 1 amide bonds. The van der Waals surface area contributed by atoms with Crippen LogP contribution in [0.15, 0.2) is 60.2 Å². The van der Waals surface area contributed by atoms with Crippen molar-refractivity contribution in [1.82, 2.24) is 10.2 Å². The van der Waals surface area contributed by atoms with E-state index in [0.717, 1.165) is 48.8 Å². The fourth-order valence-electron chi connectivity index (χ4n) is 4.34. The van der Waals surface area contributed by atoms with E-state index in [0.29, 0.717) is 11.7 Å². The molecule has 2 aromatic carbocycles. The molecule has 1 aliphatic carbocycles. The Morgan fingerprint density at radius 3 is 2.93 bits per heavy atom. The molecule has 1 aliphatic heterocycles. The van der Waals surface area contributed by atoms with E-state index in [1.807, 2.05) is 36.4 Å². The maximum Gasteiger partial charge on any atom is 0.258 e. The number of fused-ring (bicyclic) bond motifs is 1. The number of rotatable bonds is 7. The van der Waals surface area contributed by atoms with Gasteiger partial charge in [-0.15, -0.1) is 0 Å². The zero-order valence-electron chi connectivity index (χ0n) is 17.4. The lowest BCUT2D eigenvalue weighted by Crippen LogP contribution is -2.39. The van der Waals surface area contributed by atoms with Gasteiger partial charge in [-0.2, -0.15) is 0 Å². The summed E-state index contributed by atoms with van der Waals surface area (Å²) >= 11 is 0. The van der Waals surface area contributed by atoms with Gasteiger partial charge in [-0.05, 0) is 41.9 Å². The number of ether oxygens (including phenoxy) is 1. The molecular formula is C25H31N3O2. The van der Waals surface area contributed by atoms with E-state index < -0.39 is 0 Å². The van der Waals surface area contributed by atoms with Crippen LogP contribution in [0, 0.1) is 11.3 Å². The lowest BCUT2D eigenvalue weighted by Gasteiger charge is -2.20. The Morgan fingerprint density at radius 1 is 1.30 bits per heavy atom. The van der Waals surface area contributed by atoms with Gasteiger partial charge >= 0.3 is 0 Å². The summed E-state index contributed by atoms with van der Waals surface area (Å²) in [6.45, 7) is 5.08. The number of benzene rings is 2. The van der Waals surface area contributed by atoms with Gasteiger partial charge in [-0.3, -0.25) is 9.69 Å². The number of nitrogens with one attached hydrogen (secondary N) is 2. The molecule has 2 aromatic rings. The topological polar surface area (TPSA) is 65.4 Å². The van der Waals surface area contributed by atoms with Crippen molar-refractivity contribution in [2.24, 2.45) is 5.92 Å². The van der Waals surface area contributed by atoms with Crippen LogP contribution >= 0.6 is 0 Å². The van der Waals surface area contributed by atoms with E-state index in [9.17, 15) is 4.79 Å². The standard InChI is InChI=1S/C25H29N3O2.H2/c1-18-5-4-6-19(13-18)15-28-12-11-21(16-28)27-25(29)17-30-24-10-9-20(14-26)22-7-2-3-8-23(22)24;/h2-4,6-10,13-14,18,21,26H,5,11-12,15-17H2,1H3,(H,27,29);1H. The average Bonchev–Trinajstić information content (AvgIpc) is 3.18. The van der Waals surface area contributed by atoms with Crippen molar-refractivity contribution in [2.45, 2.75) is 25.8 Å². The molecule has 0 radical (unpaired) electrons. The number of amides is 1. The number of likely N-dealkylation sites (tertiary alicyclic amines) is 1. The van der Waals surface area contributed by atoms with E-state index in [1.165, 1.54) is 11.8 Å². The summed E-state index contributed by atoms with van der Waals surface area (Å²) in [5.41, 5.74) is 2.22. The molecule has 0 aromatic heterocycles. The molecule has 2 unspecified atom stereocenters. The molecule has 30 heavy (non-hydrogen) atoms. The minimum Gasteiger partial charge on any atom is -0.483 e. The maximum atomic E-state index is 12.5. The van der Waals surface area contributed by atoms with Gasteiger partial charge in [-0.1, -0.05) is 49.4 Å². The van der Waals surface area contributed by atoms with E-state index in [4.69, 9.17) is 10.1 Å². The fraction of sp³-hybridized carbons (Fsp3) is 0.360. The van der Waals surface area contributed by atoms with Crippen LogP contribution in [-0.4, -0.2) is 49.3 Å². The minimum atomic E-state index is -0.0903. The molecule has 4 rings (SSSR count). The molecule has 1 saturated heterocycles. The zero-order chi connectivity index (χ0) is 20.9.